The molecule has 0 fully saturated rings. The van der Waals surface area contributed by atoms with Gasteiger partial charge in [-0.05, 0) is 36.0 Å². The van der Waals surface area contributed by atoms with E-state index < -0.39 is 0 Å². The summed E-state index contributed by atoms with van der Waals surface area (Å²) in [6, 6.07) is 10.3. The van der Waals surface area contributed by atoms with Crippen LogP contribution in [0.1, 0.15) is 56.0 Å². The molecule has 0 bridgehead atoms. The van der Waals surface area contributed by atoms with Gasteiger partial charge in [0.1, 0.15) is 0 Å². The van der Waals surface area contributed by atoms with Gasteiger partial charge in [0.05, 0.1) is 24.8 Å². The first-order valence-electron chi connectivity index (χ1n) is 8.11. The summed E-state index contributed by atoms with van der Waals surface area (Å²) >= 11 is 0. The molecule has 1 aromatic carbocycles. The number of aryl methyl sites for hydroxylation is 1. The Morgan fingerprint density at radius 2 is 1.96 bits per heavy atom. The minimum atomic E-state index is 0.348. The Morgan fingerprint density at radius 1 is 1.22 bits per heavy atom. The Labute approximate surface area is 138 Å². The van der Waals surface area contributed by atoms with Gasteiger partial charge in [0.15, 0.2) is 0 Å². The van der Waals surface area contributed by atoms with Crippen molar-refractivity contribution in [3.8, 4) is 11.9 Å². The van der Waals surface area contributed by atoms with Gasteiger partial charge >= 0.3 is 0 Å². The van der Waals surface area contributed by atoms with Crippen LogP contribution in [0.2, 0.25) is 0 Å². The molecule has 0 N–H and O–H groups in total. The van der Waals surface area contributed by atoms with Crippen LogP contribution in [0.5, 0.6) is 5.88 Å². The van der Waals surface area contributed by atoms with Gasteiger partial charge in [-0.3, -0.25) is 4.68 Å². The van der Waals surface area contributed by atoms with Crippen LogP contribution in [0.15, 0.2) is 24.3 Å². The molecule has 0 unspecified atom stereocenters. The maximum atomic E-state index is 9.35. The molecule has 0 saturated heterocycles. The number of aromatic nitrogens is 2. The molecule has 1 heterocycles. The second kappa shape index (κ2) is 7.32. The van der Waals surface area contributed by atoms with Gasteiger partial charge in [0.25, 0.3) is 0 Å². The highest BCUT2D eigenvalue weighted by atomic mass is 16.5. The van der Waals surface area contributed by atoms with Crippen LogP contribution < -0.4 is 4.74 Å². The number of ether oxygens (including phenoxy) is 1. The second-order valence-electron chi connectivity index (χ2n) is 6.67. The number of rotatable bonds is 6. The minimum absolute atomic E-state index is 0.348. The third kappa shape index (κ3) is 4.35. The van der Waals surface area contributed by atoms with E-state index in [1.54, 1.807) is 0 Å². The van der Waals surface area contributed by atoms with E-state index in [-0.39, 0.29) is 0 Å². The van der Waals surface area contributed by atoms with Crippen LogP contribution >= 0.6 is 0 Å². The van der Waals surface area contributed by atoms with Crippen molar-refractivity contribution in [1.29, 1.82) is 5.26 Å². The highest BCUT2D eigenvalue weighted by Gasteiger charge is 2.10. The Hall–Kier alpha value is -2.28. The SMILES string of the molecule is Cc1cc(OCC(C)C)nn1Cc1ccc(C(C)C)c(C#N)c1. The molecule has 0 aliphatic heterocycles. The molecule has 2 aromatic rings. The molecule has 2 rings (SSSR count). The molecule has 0 aliphatic carbocycles. The summed E-state index contributed by atoms with van der Waals surface area (Å²) in [5, 5.41) is 13.8. The van der Waals surface area contributed by atoms with Crippen LogP contribution in [0.25, 0.3) is 0 Å². The fourth-order valence-electron chi connectivity index (χ4n) is 2.44. The molecular formula is C19H25N3O. The Balaban J connectivity index is 2.18. The monoisotopic (exact) mass is 311 g/mol. The fourth-order valence-corrected chi connectivity index (χ4v) is 2.44. The number of nitriles is 1. The van der Waals surface area contributed by atoms with Crippen molar-refractivity contribution in [1.82, 2.24) is 9.78 Å². The Bertz CT molecular complexity index is 708. The second-order valence-corrected chi connectivity index (χ2v) is 6.67. The summed E-state index contributed by atoms with van der Waals surface area (Å²) in [6.07, 6.45) is 0. The first kappa shape index (κ1) is 17.1. The zero-order valence-electron chi connectivity index (χ0n) is 14.6. The lowest BCUT2D eigenvalue weighted by molar-refractivity contribution is 0.258. The predicted octanol–water partition coefficient (Wildman–Crippen LogP) is 4.27. The lowest BCUT2D eigenvalue weighted by Crippen LogP contribution is -2.07. The van der Waals surface area contributed by atoms with Gasteiger partial charge in [-0.25, -0.2) is 0 Å². The number of hydrogen-bond donors (Lipinski definition) is 0. The van der Waals surface area contributed by atoms with E-state index >= 15 is 0 Å². The van der Waals surface area contributed by atoms with E-state index in [0.717, 1.165) is 22.4 Å². The lowest BCUT2D eigenvalue weighted by Gasteiger charge is -2.10. The molecule has 0 amide bonds. The zero-order valence-corrected chi connectivity index (χ0v) is 14.6. The molecule has 23 heavy (non-hydrogen) atoms. The molecule has 4 nitrogen and oxygen atoms in total. The van der Waals surface area contributed by atoms with E-state index in [1.165, 1.54) is 0 Å². The highest BCUT2D eigenvalue weighted by molar-refractivity contribution is 5.42. The van der Waals surface area contributed by atoms with Gasteiger partial charge in [0.2, 0.25) is 5.88 Å². The molecule has 0 saturated carbocycles. The van der Waals surface area contributed by atoms with Crippen LogP contribution in [0.4, 0.5) is 0 Å². The highest BCUT2D eigenvalue weighted by Crippen LogP contribution is 2.21. The van der Waals surface area contributed by atoms with Gasteiger partial charge in [-0.1, -0.05) is 39.8 Å². The molecule has 0 radical (unpaired) electrons. The van der Waals surface area contributed by atoms with Crippen molar-refractivity contribution in [3.63, 3.8) is 0 Å². The summed E-state index contributed by atoms with van der Waals surface area (Å²) < 4.78 is 7.60. The average molecular weight is 311 g/mol. The van der Waals surface area contributed by atoms with Crippen LogP contribution in [-0.4, -0.2) is 16.4 Å². The molecule has 0 atom stereocenters. The predicted molar refractivity (Wildman–Crippen MR) is 91.6 cm³/mol. The largest absolute Gasteiger partial charge is 0.476 e. The zero-order chi connectivity index (χ0) is 17.0. The van der Waals surface area contributed by atoms with E-state index in [0.29, 0.717) is 30.9 Å². The van der Waals surface area contributed by atoms with Gasteiger partial charge in [-0.15, -0.1) is 5.10 Å². The molecule has 0 aliphatic rings. The summed E-state index contributed by atoms with van der Waals surface area (Å²) in [7, 11) is 0. The van der Waals surface area contributed by atoms with Crippen LogP contribution in [-0.2, 0) is 6.54 Å². The van der Waals surface area contributed by atoms with Crippen molar-refractivity contribution in [2.24, 2.45) is 5.92 Å². The van der Waals surface area contributed by atoms with Crippen LogP contribution in [0.3, 0.4) is 0 Å². The number of nitrogens with zero attached hydrogens (tertiary/aromatic N) is 3. The van der Waals surface area contributed by atoms with Crippen molar-refractivity contribution in [2.75, 3.05) is 6.61 Å². The molecular weight excluding hydrogens is 286 g/mol. The first-order chi connectivity index (χ1) is 10.9. The summed E-state index contributed by atoms with van der Waals surface area (Å²) in [4.78, 5) is 0. The average Bonchev–Trinajstić information content (AvgIpc) is 2.85. The standard InChI is InChI=1S/C19H25N3O/c1-13(2)12-23-19-8-15(5)22(21-19)11-16-6-7-18(14(3)4)17(9-16)10-20/h6-9,13-14H,11-12H2,1-5H3. The minimum Gasteiger partial charge on any atom is -0.476 e. The normalized spacial score (nSPS) is 11.0. The van der Waals surface area contributed by atoms with Crippen molar-refractivity contribution in [2.45, 2.75) is 47.1 Å². The van der Waals surface area contributed by atoms with Crippen LogP contribution in [0, 0.1) is 24.2 Å². The van der Waals surface area contributed by atoms with E-state index in [2.05, 4.69) is 44.9 Å². The molecule has 1 aromatic heterocycles. The summed E-state index contributed by atoms with van der Waals surface area (Å²) in [6.45, 7) is 11.8. The number of benzene rings is 1. The quantitative estimate of drug-likeness (QED) is 0.800. The molecule has 0 spiro atoms. The van der Waals surface area contributed by atoms with Gasteiger partial charge in [0, 0.05) is 11.8 Å². The molecule has 4 heteroatoms. The van der Waals surface area contributed by atoms with Gasteiger partial charge < -0.3 is 4.74 Å². The lowest BCUT2D eigenvalue weighted by atomic mass is 9.96. The Kier molecular flexibility index (Phi) is 5.44. The summed E-state index contributed by atoms with van der Waals surface area (Å²) in [5.41, 5.74) is 3.97. The fraction of sp³-hybridized carbons (Fsp3) is 0.474. The van der Waals surface area contributed by atoms with Crippen molar-refractivity contribution < 1.29 is 4.74 Å². The van der Waals surface area contributed by atoms with Crippen molar-refractivity contribution in [3.05, 3.63) is 46.6 Å². The number of hydrogen-bond acceptors (Lipinski definition) is 3. The van der Waals surface area contributed by atoms with Crippen molar-refractivity contribution >= 4 is 0 Å². The third-order valence-corrected chi connectivity index (χ3v) is 3.72. The maximum absolute atomic E-state index is 9.35. The van der Waals surface area contributed by atoms with Gasteiger partial charge in [-0.2, -0.15) is 5.26 Å². The smallest absolute Gasteiger partial charge is 0.233 e. The topological polar surface area (TPSA) is 50.8 Å². The summed E-state index contributed by atoms with van der Waals surface area (Å²) in [5.74, 6) is 1.49. The first-order valence-corrected chi connectivity index (χ1v) is 8.11. The van der Waals surface area contributed by atoms with E-state index in [9.17, 15) is 5.26 Å². The van der Waals surface area contributed by atoms with E-state index in [1.807, 2.05) is 29.8 Å². The Morgan fingerprint density at radius 3 is 2.57 bits per heavy atom. The van der Waals surface area contributed by atoms with E-state index in [4.69, 9.17) is 4.74 Å². The maximum Gasteiger partial charge on any atom is 0.233 e. The molecule has 122 valence electrons. The third-order valence-electron chi connectivity index (χ3n) is 3.72.